The highest BCUT2D eigenvalue weighted by molar-refractivity contribution is 5.86. The Kier molecular flexibility index (Phi) is 5.09. The summed E-state index contributed by atoms with van der Waals surface area (Å²) in [6.07, 6.45) is 1.44. The molecule has 2 heterocycles. The molecule has 0 aliphatic carbocycles. The number of methoxy groups -OCH3 is 2. The number of carbonyl (C=O) groups excluding carboxylic acids is 1. The van der Waals surface area contributed by atoms with E-state index in [1.54, 1.807) is 35.8 Å². The van der Waals surface area contributed by atoms with Crippen LogP contribution in [0.15, 0.2) is 53.6 Å². The average molecular weight is 410 g/mol. The Morgan fingerprint density at radius 2 is 1.87 bits per heavy atom. The lowest BCUT2D eigenvalue weighted by atomic mass is 10.2. The number of aromatic nitrogens is 3. The molecule has 4 rings (SSSR count). The SMILES string of the molecule is COc1ccc(CNC(=O)Cn2ncn3c(cc4cc(F)ccc43)c2=O)cc1OC. The van der Waals surface area contributed by atoms with Crippen molar-refractivity contribution < 1.29 is 18.7 Å². The number of rotatable bonds is 6. The third kappa shape index (κ3) is 3.57. The number of carbonyl (C=O) groups is 1. The van der Waals surface area contributed by atoms with Gasteiger partial charge in [0.1, 0.15) is 24.2 Å². The van der Waals surface area contributed by atoms with Crippen molar-refractivity contribution in [2.45, 2.75) is 13.1 Å². The Hall–Kier alpha value is -3.88. The number of ether oxygens (including phenoxy) is 2. The fourth-order valence-corrected chi connectivity index (χ4v) is 3.29. The fourth-order valence-electron chi connectivity index (χ4n) is 3.29. The van der Waals surface area contributed by atoms with Gasteiger partial charge < -0.3 is 14.8 Å². The summed E-state index contributed by atoms with van der Waals surface area (Å²) in [5.41, 5.74) is 1.37. The molecule has 9 heteroatoms. The Bertz CT molecular complexity index is 1310. The summed E-state index contributed by atoms with van der Waals surface area (Å²) < 4.78 is 26.6. The van der Waals surface area contributed by atoms with E-state index in [4.69, 9.17) is 9.47 Å². The second kappa shape index (κ2) is 7.86. The van der Waals surface area contributed by atoms with E-state index in [1.165, 1.54) is 25.6 Å². The average Bonchev–Trinajstić information content (AvgIpc) is 3.12. The largest absolute Gasteiger partial charge is 0.493 e. The molecule has 0 spiro atoms. The maximum Gasteiger partial charge on any atom is 0.291 e. The van der Waals surface area contributed by atoms with E-state index in [1.807, 2.05) is 6.07 Å². The first kappa shape index (κ1) is 19.4. The molecule has 154 valence electrons. The van der Waals surface area contributed by atoms with Crippen molar-refractivity contribution in [3.63, 3.8) is 0 Å². The van der Waals surface area contributed by atoms with Crippen molar-refractivity contribution in [2.75, 3.05) is 14.2 Å². The molecule has 0 atom stereocenters. The Morgan fingerprint density at radius 1 is 1.07 bits per heavy atom. The molecule has 1 amide bonds. The molecule has 2 aromatic carbocycles. The van der Waals surface area contributed by atoms with Crippen LogP contribution in [0, 0.1) is 5.82 Å². The number of nitrogens with zero attached hydrogens (tertiary/aromatic N) is 3. The molecule has 0 unspecified atom stereocenters. The first-order valence-electron chi connectivity index (χ1n) is 9.14. The van der Waals surface area contributed by atoms with Crippen molar-refractivity contribution in [1.29, 1.82) is 0 Å². The predicted octanol–water partition coefficient (Wildman–Crippen LogP) is 2.12. The van der Waals surface area contributed by atoms with E-state index in [0.717, 1.165) is 10.2 Å². The number of benzene rings is 2. The highest BCUT2D eigenvalue weighted by atomic mass is 19.1. The number of halogens is 1. The summed E-state index contributed by atoms with van der Waals surface area (Å²) in [4.78, 5) is 25.1. The van der Waals surface area contributed by atoms with Gasteiger partial charge in [0.25, 0.3) is 5.56 Å². The number of hydrogen-bond donors (Lipinski definition) is 1. The summed E-state index contributed by atoms with van der Waals surface area (Å²) in [6, 6.07) is 11.2. The minimum Gasteiger partial charge on any atom is -0.493 e. The molecule has 0 bridgehead atoms. The molecule has 30 heavy (non-hydrogen) atoms. The van der Waals surface area contributed by atoms with Crippen LogP contribution < -0.4 is 20.3 Å². The zero-order valence-corrected chi connectivity index (χ0v) is 16.4. The van der Waals surface area contributed by atoms with Gasteiger partial charge in [-0.25, -0.2) is 9.07 Å². The third-order valence-electron chi connectivity index (χ3n) is 4.79. The second-order valence-electron chi connectivity index (χ2n) is 6.66. The lowest BCUT2D eigenvalue weighted by Crippen LogP contribution is -2.33. The molecule has 0 radical (unpaired) electrons. The second-order valence-corrected chi connectivity index (χ2v) is 6.66. The van der Waals surface area contributed by atoms with Crippen molar-refractivity contribution in [2.24, 2.45) is 0 Å². The van der Waals surface area contributed by atoms with Crippen LogP contribution >= 0.6 is 0 Å². The fraction of sp³-hybridized carbons (Fsp3) is 0.190. The van der Waals surface area contributed by atoms with Gasteiger partial charge in [0.15, 0.2) is 11.5 Å². The summed E-state index contributed by atoms with van der Waals surface area (Å²) in [6.45, 7) is 0.0168. The topological polar surface area (TPSA) is 86.9 Å². The number of nitrogens with one attached hydrogen (secondary N) is 1. The minimum atomic E-state index is -0.435. The monoisotopic (exact) mass is 410 g/mol. The summed E-state index contributed by atoms with van der Waals surface area (Å²) in [5, 5.41) is 7.41. The molecule has 0 fully saturated rings. The maximum absolute atomic E-state index is 13.5. The van der Waals surface area contributed by atoms with Crippen LogP contribution in [0.5, 0.6) is 11.5 Å². The van der Waals surface area contributed by atoms with Gasteiger partial charge in [-0.05, 0) is 42.0 Å². The summed E-state index contributed by atoms with van der Waals surface area (Å²) >= 11 is 0. The zero-order valence-electron chi connectivity index (χ0n) is 16.4. The van der Waals surface area contributed by atoms with Crippen molar-refractivity contribution in [1.82, 2.24) is 19.5 Å². The molecule has 0 aliphatic rings. The normalized spacial score (nSPS) is 11.0. The highest BCUT2D eigenvalue weighted by Crippen LogP contribution is 2.27. The standard InChI is InChI=1S/C21H19FN4O4/c1-29-18-6-3-13(7-19(18)30-2)10-23-20(27)11-26-21(28)17-9-14-8-15(22)4-5-16(14)25(17)12-24-26/h3-9,12H,10-11H2,1-2H3,(H,23,27). The molecule has 4 aromatic rings. The van der Waals surface area contributed by atoms with E-state index in [0.29, 0.717) is 27.9 Å². The van der Waals surface area contributed by atoms with E-state index >= 15 is 0 Å². The zero-order chi connectivity index (χ0) is 21.3. The van der Waals surface area contributed by atoms with Crippen molar-refractivity contribution in [3.05, 3.63) is 70.5 Å². The molecule has 2 aromatic heterocycles. The van der Waals surface area contributed by atoms with Gasteiger partial charge in [0.2, 0.25) is 5.91 Å². The first-order valence-corrected chi connectivity index (χ1v) is 9.14. The first-order chi connectivity index (χ1) is 14.5. The molecular formula is C21H19FN4O4. The molecule has 1 N–H and O–H groups in total. The molecular weight excluding hydrogens is 391 g/mol. The van der Waals surface area contributed by atoms with Crippen LogP contribution in [-0.2, 0) is 17.9 Å². The van der Waals surface area contributed by atoms with Crippen LogP contribution in [-0.4, -0.2) is 34.3 Å². The van der Waals surface area contributed by atoms with Gasteiger partial charge in [-0.3, -0.25) is 14.0 Å². The van der Waals surface area contributed by atoms with E-state index < -0.39 is 5.56 Å². The Balaban J connectivity index is 1.51. The van der Waals surface area contributed by atoms with Gasteiger partial charge in [-0.1, -0.05) is 6.07 Å². The van der Waals surface area contributed by atoms with Crippen molar-refractivity contribution in [3.8, 4) is 11.5 Å². The van der Waals surface area contributed by atoms with Gasteiger partial charge in [-0.15, -0.1) is 0 Å². The summed E-state index contributed by atoms with van der Waals surface area (Å²) in [5.74, 6) is 0.396. The molecule has 0 saturated heterocycles. The van der Waals surface area contributed by atoms with Crippen LogP contribution in [0.3, 0.4) is 0 Å². The number of hydrogen-bond acceptors (Lipinski definition) is 5. The number of amides is 1. The summed E-state index contributed by atoms with van der Waals surface area (Å²) in [7, 11) is 3.08. The molecule has 0 saturated carbocycles. The van der Waals surface area contributed by atoms with Gasteiger partial charge in [0.05, 0.1) is 19.7 Å². The smallest absolute Gasteiger partial charge is 0.291 e. The van der Waals surface area contributed by atoms with Crippen LogP contribution in [0.4, 0.5) is 4.39 Å². The van der Waals surface area contributed by atoms with Gasteiger partial charge >= 0.3 is 0 Å². The quantitative estimate of drug-likeness (QED) is 0.526. The van der Waals surface area contributed by atoms with Gasteiger partial charge in [-0.2, -0.15) is 5.10 Å². The lowest BCUT2D eigenvalue weighted by Gasteiger charge is -2.11. The third-order valence-corrected chi connectivity index (χ3v) is 4.79. The predicted molar refractivity (Wildman–Crippen MR) is 108 cm³/mol. The van der Waals surface area contributed by atoms with E-state index in [9.17, 15) is 14.0 Å². The Labute approximate surface area is 170 Å². The van der Waals surface area contributed by atoms with Gasteiger partial charge in [0, 0.05) is 11.9 Å². The minimum absolute atomic E-state index is 0.238. The lowest BCUT2D eigenvalue weighted by molar-refractivity contribution is -0.122. The van der Waals surface area contributed by atoms with Crippen LogP contribution in [0.25, 0.3) is 16.4 Å². The van der Waals surface area contributed by atoms with E-state index in [2.05, 4.69) is 10.4 Å². The van der Waals surface area contributed by atoms with Crippen molar-refractivity contribution >= 4 is 22.3 Å². The molecule has 0 aliphatic heterocycles. The van der Waals surface area contributed by atoms with E-state index in [-0.39, 0.29) is 24.8 Å². The number of fused-ring (bicyclic) bond motifs is 3. The Morgan fingerprint density at radius 3 is 2.63 bits per heavy atom. The highest BCUT2D eigenvalue weighted by Gasteiger charge is 2.12. The van der Waals surface area contributed by atoms with Crippen LogP contribution in [0.2, 0.25) is 0 Å². The maximum atomic E-state index is 13.5. The molecule has 8 nitrogen and oxygen atoms in total. The van der Waals surface area contributed by atoms with Crippen LogP contribution in [0.1, 0.15) is 5.56 Å².